The fourth-order valence-electron chi connectivity index (χ4n) is 3.36. The number of aromatic nitrogens is 3. The lowest BCUT2D eigenvalue weighted by molar-refractivity contribution is -0.385. The van der Waals surface area contributed by atoms with Crippen LogP contribution in [0.4, 0.5) is 5.69 Å². The van der Waals surface area contributed by atoms with Crippen LogP contribution in [0.1, 0.15) is 25.2 Å². The fraction of sp³-hybridized carbons (Fsp3) is 0.167. The Morgan fingerprint density at radius 1 is 1.14 bits per heavy atom. The number of pyridine rings is 1. The number of ether oxygens (including phenoxy) is 2. The van der Waals surface area contributed by atoms with Gasteiger partial charge in [0.25, 0.3) is 11.2 Å². The van der Waals surface area contributed by atoms with Gasteiger partial charge in [0.15, 0.2) is 11.5 Å². The van der Waals surface area contributed by atoms with Gasteiger partial charge in [-0.05, 0) is 63.0 Å². The van der Waals surface area contributed by atoms with Gasteiger partial charge in [0.05, 0.1) is 33.1 Å². The third kappa shape index (κ3) is 5.73. The number of hydrogen-bond acceptors (Lipinski definition) is 8. The summed E-state index contributed by atoms with van der Waals surface area (Å²) in [5, 5.41) is 15.8. The molecular formula is C24H18Br3N5O5. The number of nitrogens with zero attached hydrogens (tertiary/aromatic N) is 5. The van der Waals surface area contributed by atoms with Gasteiger partial charge in [-0.25, -0.2) is 9.97 Å². The summed E-state index contributed by atoms with van der Waals surface area (Å²) < 4.78 is 14.8. The second kappa shape index (κ2) is 11.5. The Labute approximate surface area is 235 Å². The third-order valence-electron chi connectivity index (χ3n) is 5.10. The number of nitro groups is 1. The van der Waals surface area contributed by atoms with Crippen molar-refractivity contribution >= 4 is 70.6 Å². The Kier molecular flexibility index (Phi) is 8.35. The Bertz CT molecular complexity index is 1590. The zero-order chi connectivity index (χ0) is 26.7. The molecule has 0 fully saturated rings. The van der Waals surface area contributed by atoms with E-state index in [9.17, 15) is 14.9 Å². The lowest BCUT2D eigenvalue weighted by Crippen LogP contribution is -2.22. The number of fused-ring (bicyclic) bond motifs is 1. The van der Waals surface area contributed by atoms with Crippen LogP contribution in [0, 0.1) is 10.1 Å². The van der Waals surface area contributed by atoms with Crippen molar-refractivity contribution in [3.8, 4) is 17.4 Å². The smallest absolute Gasteiger partial charge is 0.287 e. The van der Waals surface area contributed by atoms with Crippen molar-refractivity contribution in [1.82, 2.24) is 14.6 Å². The topological polar surface area (TPSA) is 122 Å². The number of rotatable bonds is 8. The van der Waals surface area contributed by atoms with Gasteiger partial charge in [-0.2, -0.15) is 9.78 Å². The number of aryl methyl sites for hydroxylation is 1. The van der Waals surface area contributed by atoms with Crippen LogP contribution in [-0.2, 0) is 6.42 Å². The van der Waals surface area contributed by atoms with Gasteiger partial charge in [0.2, 0.25) is 5.88 Å². The summed E-state index contributed by atoms with van der Waals surface area (Å²) in [6.45, 7) is 4.07. The minimum atomic E-state index is -0.539. The van der Waals surface area contributed by atoms with Gasteiger partial charge >= 0.3 is 0 Å². The van der Waals surface area contributed by atoms with Crippen molar-refractivity contribution in [3.05, 3.63) is 87.9 Å². The molecule has 4 rings (SSSR count). The van der Waals surface area contributed by atoms with Crippen LogP contribution in [0.25, 0.3) is 10.9 Å². The molecule has 0 saturated carbocycles. The van der Waals surface area contributed by atoms with Crippen molar-refractivity contribution in [1.29, 1.82) is 0 Å². The maximum Gasteiger partial charge on any atom is 0.287 e. The molecule has 2 aromatic carbocycles. The summed E-state index contributed by atoms with van der Waals surface area (Å²) in [7, 11) is 0. The van der Waals surface area contributed by atoms with Crippen molar-refractivity contribution in [2.45, 2.75) is 20.3 Å². The van der Waals surface area contributed by atoms with Crippen LogP contribution >= 0.6 is 47.8 Å². The quantitative estimate of drug-likeness (QED) is 0.115. The molecule has 0 radical (unpaired) electrons. The summed E-state index contributed by atoms with van der Waals surface area (Å²) in [6, 6.07) is 9.73. The van der Waals surface area contributed by atoms with E-state index in [0.29, 0.717) is 55.8 Å². The third-order valence-corrected chi connectivity index (χ3v) is 7.73. The number of hydrogen-bond donors (Lipinski definition) is 0. The molecule has 2 heterocycles. The Morgan fingerprint density at radius 2 is 1.92 bits per heavy atom. The van der Waals surface area contributed by atoms with E-state index in [1.165, 1.54) is 23.0 Å². The van der Waals surface area contributed by atoms with Gasteiger partial charge in [-0.1, -0.05) is 22.9 Å². The molecule has 0 bridgehead atoms. The molecular weight excluding hydrogens is 678 g/mol. The van der Waals surface area contributed by atoms with E-state index in [0.717, 1.165) is 10.7 Å². The van der Waals surface area contributed by atoms with E-state index < -0.39 is 4.92 Å². The molecule has 0 aliphatic rings. The average molecular weight is 696 g/mol. The maximum absolute atomic E-state index is 13.2. The fourth-order valence-corrected chi connectivity index (χ4v) is 4.63. The Balaban J connectivity index is 1.76. The minimum Gasteiger partial charge on any atom is -0.490 e. The lowest BCUT2D eigenvalue weighted by atomic mass is 10.2. The van der Waals surface area contributed by atoms with Gasteiger partial charge in [-0.15, -0.1) is 0 Å². The van der Waals surface area contributed by atoms with Gasteiger partial charge in [0, 0.05) is 33.1 Å². The predicted octanol–water partition coefficient (Wildman–Crippen LogP) is 6.62. The molecule has 0 spiro atoms. The molecule has 0 amide bonds. The highest BCUT2D eigenvalue weighted by Gasteiger charge is 2.19. The standard InChI is InChI=1S/C24H18Br3N5O5/c1-3-19-30-17-7-5-14(25)10-16(17)24(33)31(19)29-11-13-9-18(36-4-2)23(22(27)21(13)26)37-20-8-6-15(12-28-20)32(34)35/h5-12H,3-4H2,1-2H3. The normalized spacial score (nSPS) is 11.3. The molecule has 0 aliphatic heterocycles. The van der Waals surface area contributed by atoms with Crippen LogP contribution in [0.3, 0.4) is 0 Å². The molecule has 0 aliphatic carbocycles. The Morgan fingerprint density at radius 3 is 2.57 bits per heavy atom. The van der Waals surface area contributed by atoms with Crippen LogP contribution in [0.2, 0.25) is 0 Å². The zero-order valence-corrected chi connectivity index (χ0v) is 24.2. The molecule has 13 heteroatoms. The molecule has 190 valence electrons. The SMILES string of the molecule is CCOc1cc(C=Nn2c(CC)nc3ccc(Br)cc3c2=O)c(Br)c(Br)c1Oc1ccc([N+](=O)[O-])cn1. The van der Waals surface area contributed by atoms with E-state index in [1.54, 1.807) is 18.2 Å². The van der Waals surface area contributed by atoms with E-state index in [-0.39, 0.29) is 17.1 Å². The monoisotopic (exact) mass is 693 g/mol. The second-order valence-electron chi connectivity index (χ2n) is 7.47. The van der Waals surface area contributed by atoms with E-state index in [2.05, 4.69) is 62.9 Å². The number of halogens is 3. The average Bonchev–Trinajstić information content (AvgIpc) is 2.89. The van der Waals surface area contributed by atoms with Crippen molar-refractivity contribution in [2.24, 2.45) is 5.10 Å². The largest absolute Gasteiger partial charge is 0.490 e. The molecule has 0 atom stereocenters. The van der Waals surface area contributed by atoms with E-state index in [4.69, 9.17) is 9.47 Å². The first-order valence-corrected chi connectivity index (χ1v) is 13.3. The molecule has 0 N–H and O–H groups in total. The lowest BCUT2D eigenvalue weighted by Gasteiger charge is -2.15. The summed E-state index contributed by atoms with van der Waals surface area (Å²) in [5.41, 5.74) is 0.758. The van der Waals surface area contributed by atoms with E-state index in [1.807, 2.05) is 19.9 Å². The maximum atomic E-state index is 13.2. The molecule has 2 aromatic heterocycles. The van der Waals surface area contributed by atoms with Crippen LogP contribution in [-0.4, -0.2) is 32.4 Å². The van der Waals surface area contributed by atoms with Crippen LogP contribution < -0.4 is 15.0 Å². The highest BCUT2D eigenvalue weighted by atomic mass is 79.9. The zero-order valence-electron chi connectivity index (χ0n) is 19.4. The summed E-state index contributed by atoms with van der Waals surface area (Å²) >= 11 is 10.5. The predicted molar refractivity (Wildman–Crippen MR) is 150 cm³/mol. The first-order valence-electron chi connectivity index (χ1n) is 10.9. The summed E-state index contributed by atoms with van der Waals surface area (Å²) in [4.78, 5) is 32.1. The van der Waals surface area contributed by atoms with Crippen molar-refractivity contribution in [3.63, 3.8) is 0 Å². The molecule has 37 heavy (non-hydrogen) atoms. The highest BCUT2D eigenvalue weighted by Crippen LogP contribution is 2.44. The van der Waals surface area contributed by atoms with Crippen LogP contribution in [0.5, 0.6) is 17.4 Å². The van der Waals surface area contributed by atoms with Crippen molar-refractivity contribution < 1.29 is 14.4 Å². The van der Waals surface area contributed by atoms with Gasteiger partial charge < -0.3 is 9.47 Å². The Hall–Kier alpha value is -3.16. The first kappa shape index (κ1) is 26.9. The van der Waals surface area contributed by atoms with Gasteiger partial charge in [-0.3, -0.25) is 14.9 Å². The molecule has 10 nitrogen and oxygen atoms in total. The molecule has 0 unspecified atom stereocenters. The van der Waals surface area contributed by atoms with Crippen molar-refractivity contribution in [2.75, 3.05) is 6.61 Å². The van der Waals surface area contributed by atoms with E-state index >= 15 is 0 Å². The van der Waals surface area contributed by atoms with Crippen LogP contribution in [0.15, 0.2) is 65.9 Å². The van der Waals surface area contributed by atoms with Gasteiger partial charge in [0.1, 0.15) is 12.0 Å². The first-order chi connectivity index (χ1) is 17.7. The highest BCUT2D eigenvalue weighted by molar-refractivity contribution is 9.13. The second-order valence-corrected chi connectivity index (χ2v) is 9.97. The summed E-state index contributed by atoms with van der Waals surface area (Å²) in [5.74, 6) is 1.35. The molecule has 4 aromatic rings. The molecule has 0 saturated heterocycles. The summed E-state index contributed by atoms with van der Waals surface area (Å²) in [6.07, 6.45) is 3.14. The minimum absolute atomic E-state index is 0.146. The number of benzene rings is 2.